The molecule has 1 fully saturated rings. The molecule has 0 amide bonds. The summed E-state index contributed by atoms with van der Waals surface area (Å²) in [4.78, 5) is 0. The van der Waals surface area contributed by atoms with Crippen LogP contribution in [-0.2, 0) is 4.43 Å². The molecule has 1 aliphatic heterocycles. The lowest BCUT2D eigenvalue weighted by atomic mass is 9.72. The van der Waals surface area contributed by atoms with Gasteiger partial charge in [0.15, 0.2) is 0 Å². The van der Waals surface area contributed by atoms with Crippen LogP contribution in [-0.4, -0.2) is 13.9 Å². The smallest absolute Gasteiger partial charge is 0.256 e. The fourth-order valence-electron chi connectivity index (χ4n) is 4.03. The molecule has 1 aliphatic rings. The molecule has 0 radical (unpaired) electrons. The SMILES string of the molecule is C=CC1(C=C)CC[Si](c2ccccc2)(c2ccccc2)OC1(C)C. The summed E-state index contributed by atoms with van der Waals surface area (Å²) in [6, 6.07) is 22.5. The van der Waals surface area contributed by atoms with Crippen molar-refractivity contribution in [2.75, 3.05) is 0 Å². The van der Waals surface area contributed by atoms with Crippen LogP contribution in [0.2, 0.25) is 6.04 Å². The molecule has 0 N–H and O–H groups in total. The number of rotatable bonds is 4. The molecule has 0 saturated carbocycles. The van der Waals surface area contributed by atoms with E-state index in [9.17, 15) is 0 Å². The molecule has 0 atom stereocenters. The third-order valence-electron chi connectivity index (χ3n) is 5.65. The van der Waals surface area contributed by atoms with E-state index in [4.69, 9.17) is 4.43 Å². The summed E-state index contributed by atoms with van der Waals surface area (Å²) in [6.07, 6.45) is 5.06. The maximum atomic E-state index is 7.03. The second kappa shape index (κ2) is 6.19. The first-order chi connectivity index (χ1) is 11.5. The highest BCUT2D eigenvalue weighted by atomic mass is 28.4. The first kappa shape index (κ1) is 16.9. The van der Waals surface area contributed by atoms with Crippen molar-refractivity contribution in [3.8, 4) is 0 Å². The van der Waals surface area contributed by atoms with Crippen LogP contribution in [0.3, 0.4) is 0 Å². The van der Waals surface area contributed by atoms with E-state index in [2.05, 4.69) is 87.7 Å². The normalized spacial score (nSPS) is 20.9. The average Bonchev–Trinajstić information content (AvgIpc) is 2.63. The van der Waals surface area contributed by atoms with Gasteiger partial charge in [-0.25, -0.2) is 0 Å². The van der Waals surface area contributed by atoms with Crippen molar-refractivity contribution >= 4 is 18.7 Å². The van der Waals surface area contributed by atoms with Crippen molar-refractivity contribution in [3.63, 3.8) is 0 Å². The van der Waals surface area contributed by atoms with E-state index in [1.54, 1.807) is 0 Å². The Balaban J connectivity index is 2.16. The van der Waals surface area contributed by atoms with Crippen molar-refractivity contribution in [2.45, 2.75) is 31.9 Å². The van der Waals surface area contributed by atoms with E-state index in [0.717, 1.165) is 12.5 Å². The molecule has 2 aromatic rings. The molecule has 0 unspecified atom stereocenters. The summed E-state index contributed by atoms with van der Waals surface area (Å²) in [5, 5.41) is 2.68. The highest BCUT2D eigenvalue weighted by Crippen LogP contribution is 2.48. The van der Waals surface area contributed by atoms with Crippen LogP contribution < -0.4 is 10.4 Å². The molecule has 24 heavy (non-hydrogen) atoms. The van der Waals surface area contributed by atoms with Gasteiger partial charge in [0.25, 0.3) is 8.32 Å². The second-order valence-corrected chi connectivity index (χ2v) is 10.6. The molecule has 1 nitrogen and oxygen atoms in total. The van der Waals surface area contributed by atoms with Gasteiger partial charge in [0.05, 0.1) is 5.60 Å². The van der Waals surface area contributed by atoms with Gasteiger partial charge in [0, 0.05) is 5.41 Å². The lowest BCUT2D eigenvalue weighted by Gasteiger charge is -2.54. The summed E-state index contributed by atoms with van der Waals surface area (Å²) >= 11 is 0. The first-order valence-corrected chi connectivity index (χ1v) is 10.7. The van der Waals surface area contributed by atoms with E-state index in [-0.39, 0.29) is 11.0 Å². The van der Waals surface area contributed by atoms with Gasteiger partial charge in [-0.3, -0.25) is 0 Å². The molecule has 2 heteroatoms. The van der Waals surface area contributed by atoms with Gasteiger partial charge < -0.3 is 4.43 Å². The topological polar surface area (TPSA) is 9.23 Å². The molecule has 1 heterocycles. The molecule has 0 bridgehead atoms. The Kier molecular flexibility index (Phi) is 4.37. The van der Waals surface area contributed by atoms with Gasteiger partial charge in [-0.05, 0) is 36.7 Å². The van der Waals surface area contributed by atoms with Gasteiger partial charge in [-0.2, -0.15) is 0 Å². The van der Waals surface area contributed by atoms with Crippen molar-refractivity contribution in [1.82, 2.24) is 0 Å². The average molecular weight is 335 g/mol. The summed E-state index contributed by atoms with van der Waals surface area (Å²) < 4.78 is 7.03. The van der Waals surface area contributed by atoms with Crippen LogP contribution in [0.5, 0.6) is 0 Å². The van der Waals surface area contributed by atoms with Crippen LogP contribution in [0.1, 0.15) is 20.3 Å². The van der Waals surface area contributed by atoms with Crippen LogP contribution in [0.25, 0.3) is 0 Å². The molecule has 2 aromatic carbocycles. The highest BCUT2D eigenvalue weighted by Gasteiger charge is 2.55. The van der Waals surface area contributed by atoms with E-state index in [1.807, 2.05) is 12.2 Å². The van der Waals surface area contributed by atoms with Gasteiger partial charge in [0.2, 0.25) is 0 Å². The minimum Gasteiger partial charge on any atom is -0.402 e. The summed E-state index contributed by atoms with van der Waals surface area (Å²) in [5.74, 6) is 0. The summed E-state index contributed by atoms with van der Waals surface area (Å²) in [5.41, 5.74) is -0.528. The monoisotopic (exact) mass is 334 g/mol. The minimum atomic E-state index is -2.29. The maximum Gasteiger partial charge on any atom is 0.256 e. The zero-order chi connectivity index (χ0) is 17.3. The largest absolute Gasteiger partial charge is 0.402 e. The van der Waals surface area contributed by atoms with Crippen molar-refractivity contribution < 1.29 is 4.43 Å². The van der Waals surface area contributed by atoms with Crippen molar-refractivity contribution in [3.05, 3.63) is 86.0 Å². The van der Waals surface area contributed by atoms with E-state index < -0.39 is 8.32 Å². The number of hydrogen-bond acceptors (Lipinski definition) is 1. The van der Waals surface area contributed by atoms with E-state index in [0.29, 0.717) is 0 Å². The molecular weight excluding hydrogens is 308 g/mol. The molecular formula is C22H26OSi. The standard InChI is InChI=1S/C22H26OSi/c1-5-22(6-2)17-18-24(23-21(22,3)4,19-13-9-7-10-14-19)20-15-11-8-12-16-20/h5-16H,1-2,17-18H2,3-4H3. The van der Waals surface area contributed by atoms with E-state index in [1.165, 1.54) is 10.4 Å². The van der Waals surface area contributed by atoms with E-state index >= 15 is 0 Å². The number of hydrogen-bond donors (Lipinski definition) is 0. The predicted octanol–water partition coefficient (Wildman–Crippen LogP) is 4.30. The zero-order valence-corrected chi connectivity index (χ0v) is 15.7. The molecule has 0 aliphatic carbocycles. The Hall–Kier alpha value is -1.90. The highest BCUT2D eigenvalue weighted by molar-refractivity contribution is 6.97. The fraction of sp³-hybridized carbons (Fsp3) is 0.273. The third kappa shape index (κ3) is 2.50. The van der Waals surface area contributed by atoms with Gasteiger partial charge >= 0.3 is 0 Å². The van der Waals surface area contributed by atoms with Crippen LogP contribution in [0.15, 0.2) is 86.0 Å². The lowest BCUT2D eigenvalue weighted by molar-refractivity contribution is -0.000526. The van der Waals surface area contributed by atoms with Gasteiger partial charge in [0.1, 0.15) is 0 Å². The van der Waals surface area contributed by atoms with Crippen LogP contribution in [0, 0.1) is 5.41 Å². The zero-order valence-electron chi connectivity index (χ0n) is 14.7. The Labute approximate surface area is 146 Å². The quantitative estimate of drug-likeness (QED) is 0.598. The first-order valence-electron chi connectivity index (χ1n) is 8.58. The minimum absolute atomic E-state index is 0.187. The van der Waals surface area contributed by atoms with Gasteiger partial charge in [-0.15, -0.1) is 13.2 Å². The Bertz CT molecular complexity index is 671. The van der Waals surface area contributed by atoms with Crippen molar-refractivity contribution in [1.29, 1.82) is 0 Å². The van der Waals surface area contributed by atoms with Crippen molar-refractivity contribution in [2.24, 2.45) is 5.41 Å². The second-order valence-electron chi connectivity index (χ2n) is 7.12. The predicted molar refractivity (Wildman–Crippen MR) is 105 cm³/mol. The van der Waals surface area contributed by atoms with Crippen LogP contribution >= 0.6 is 0 Å². The van der Waals surface area contributed by atoms with Crippen LogP contribution in [0.4, 0.5) is 0 Å². The summed E-state index contributed by atoms with van der Waals surface area (Å²) in [6.45, 7) is 12.5. The summed E-state index contributed by atoms with van der Waals surface area (Å²) in [7, 11) is -2.29. The lowest BCUT2D eigenvalue weighted by Crippen LogP contribution is -2.69. The third-order valence-corrected chi connectivity index (χ3v) is 9.99. The van der Waals surface area contributed by atoms with Gasteiger partial charge in [-0.1, -0.05) is 72.8 Å². The molecule has 1 saturated heterocycles. The molecule has 124 valence electrons. The Morgan fingerprint density at radius 1 is 0.875 bits per heavy atom. The maximum absolute atomic E-state index is 7.03. The Morgan fingerprint density at radius 3 is 1.71 bits per heavy atom. The number of benzene rings is 2. The molecule has 0 spiro atoms. The molecule has 3 rings (SSSR count). The molecule has 0 aromatic heterocycles. The fourth-order valence-corrected chi connectivity index (χ4v) is 8.57. The Morgan fingerprint density at radius 2 is 1.33 bits per heavy atom.